The Morgan fingerprint density at radius 3 is 3.00 bits per heavy atom. The number of fused-ring (bicyclic) bond motifs is 1. The molecule has 0 spiro atoms. The minimum atomic E-state index is -0.140. The Morgan fingerprint density at radius 2 is 2.20 bits per heavy atom. The summed E-state index contributed by atoms with van der Waals surface area (Å²) in [5.41, 5.74) is 1.19. The summed E-state index contributed by atoms with van der Waals surface area (Å²) in [6.45, 7) is 0. The van der Waals surface area contributed by atoms with E-state index in [1.807, 2.05) is 12.1 Å². The predicted octanol–water partition coefficient (Wildman–Crippen LogP) is 0.481. The molecule has 2 rings (SSSR count). The Kier molecular flexibility index (Phi) is 1.69. The van der Waals surface area contributed by atoms with E-state index in [9.17, 15) is 5.11 Å². The molecular formula is C8H8OTe. The van der Waals surface area contributed by atoms with Gasteiger partial charge in [0.15, 0.2) is 0 Å². The first-order chi connectivity index (χ1) is 4.88. The van der Waals surface area contributed by atoms with Gasteiger partial charge in [0, 0.05) is 0 Å². The van der Waals surface area contributed by atoms with E-state index < -0.39 is 0 Å². The van der Waals surface area contributed by atoms with Gasteiger partial charge in [-0.3, -0.25) is 0 Å². The molecule has 0 fully saturated rings. The summed E-state index contributed by atoms with van der Waals surface area (Å²) < 4.78 is 2.48. The molecule has 1 aliphatic rings. The van der Waals surface area contributed by atoms with Crippen molar-refractivity contribution >= 4 is 24.5 Å². The van der Waals surface area contributed by atoms with Crippen LogP contribution >= 0.6 is 0 Å². The number of hydrogen-bond donors (Lipinski definition) is 1. The Labute approximate surface area is 70.2 Å². The van der Waals surface area contributed by atoms with E-state index in [1.165, 1.54) is 9.17 Å². The molecule has 0 radical (unpaired) electrons. The maximum atomic E-state index is 9.41. The van der Waals surface area contributed by atoms with Gasteiger partial charge in [-0.2, -0.15) is 0 Å². The van der Waals surface area contributed by atoms with Gasteiger partial charge in [-0.15, -0.1) is 0 Å². The van der Waals surface area contributed by atoms with Crippen LogP contribution in [0.2, 0.25) is 4.47 Å². The Morgan fingerprint density at radius 1 is 1.40 bits per heavy atom. The van der Waals surface area contributed by atoms with Gasteiger partial charge in [-0.1, -0.05) is 0 Å². The van der Waals surface area contributed by atoms with Crippen LogP contribution in [-0.2, 0) is 0 Å². The van der Waals surface area contributed by atoms with Crippen molar-refractivity contribution in [2.75, 3.05) is 0 Å². The van der Waals surface area contributed by atoms with E-state index in [0.29, 0.717) is 0 Å². The maximum absolute atomic E-state index is 9.41. The first-order valence-corrected chi connectivity index (χ1v) is 6.09. The van der Waals surface area contributed by atoms with Crippen LogP contribution in [0, 0.1) is 0 Å². The summed E-state index contributed by atoms with van der Waals surface area (Å²) in [6.07, 6.45) is -0.140. The van der Waals surface area contributed by atoms with Gasteiger partial charge < -0.3 is 0 Å². The van der Waals surface area contributed by atoms with Crippen molar-refractivity contribution in [1.82, 2.24) is 0 Å². The fourth-order valence-corrected chi connectivity index (χ4v) is 4.18. The third-order valence-corrected chi connectivity index (χ3v) is 5.00. The first-order valence-electron chi connectivity index (χ1n) is 3.28. The van der Waals surface area contributed by atoms with Crippen LogP contribution in [0.15, 0.2) is 24.3 Å². The standard InChI is InChI=1S/C8H8OTe/c9-7-5-10-8-4-2-1-3-6(7)8/h1-4,7,9H,5H2. The molecule has 0 bridgehead atoms. The van der Waals surface area contributed by atoms with Gasteiger partial charge in [0.25, 0.3) is 0 Å². The molecule has 0 saturated heterocycles. The molecule has 1 N–H and O–H groups in total. The molecule has 1 unspecified atom stereocenters. The number of benzene rings is 1. The summed E-state index contributed by atoms with van der Waals surface area (Å²) in [6, 6.07) is 8.24. The zero-order valence-electron chi connectivity index (χ0n) is 5.45. The third-order valence-electron chi connectivity index (χ3n) is 1.67. The molecule has 1 aromatic rings. The van der Waals surface area contributed by atoms with Crippen molar-refractivity contribution in [2.45, 2.75) is 10.6 Å². The second-order valence-corrected chi connectivity index (χ2v) is 5.40. The molecule has 0 amide bonds. The van der Waals surface area contributed by atoms with Gasteiger partial charge in [0.2, 0.25) is 0 Å². The summed E-state index contributed by atoms with van der Waals surface area (Å²) in [7, 11) is 0. The van der Waals surface area contributed by atoms with E-state index in [-0.39, 0.29) is 27.0 Å². The monoisotopic (exact) mass is 250 g/mol. The average Bonchev–Trinajstić information content (AvgIpc) is 2.34. The van der Waals surface area contributed by atoms with E-state index in [2.05, 4.69) is 12.1 Å². The normalized spacial score (nSPS) is 22.7. The molecular weight excluding hydrogens is 240 g/mol. The SMILES string of the molecule is OC1C[Te]c2ccccc21. The number of aliphatic hydroxyl groups is 1. The molecule has 52 valence electrons. The van der Waals surface area contributed by atoms with Crippen LogP contribution in [-0.4, -0.2) is 26.0 Å². The van der Waals surface area contributed by atoms with Gasteiger partial charge in [0.1, 0.15) is 0 Å². The van der Waals surface area contributed by atoms with Gasteiger partial charge in [-0.05, 0) is 0 Å². The topological polar surface area (TPSA) is 20.2 Å². The molecule has 0 aromatic heterocycles. The number of aliphatic hydroxyl groups excluding tert-OH is 1. The van der Waals surface area contributed by atoms with Crippen LogP contribution in [0.1, 0.15) is 11.7 Å². The predicted molar refractivity (Wildman–Crippen MR) is 41.6 cm³/mol. The van der Waals surface area contributed by atoms with Crippen LogP contribution in [0.5, 0.6) is 0 Å². The molecule has 0 aliphatic carbocycles. The van der Waals surface area contributed by atoms with E-state index in [0.717, 1.165) is 4.47 Å². The average molecular weight is 248 g/mol. The summed E-state index contributed by atoms with van der Waals surface area (Å²) in [5.74, 6) is 0. The molecule has 1 aromatic carbocycles. The van der Waals surface area contributed by atoms with Crippen molar-refractivity contribution in [2.24, 2.45) is 0 Å². The van der Waals surface area contributed by atoms with Gasteiger partial charge in [-0.25, -0.2) is 0 Å². The van der Waals surface area contributed by atoms with Crippen molar-refractivity contribution in [3.63, 3.8) is 0 Å². The Bertz CT molecular complexity index is 247. The van der Waals surface area contributed by atoms with E-state index >= 15 is 0 Å². The quantitative estimate of drug-likeness (QED) is 0.662. The van der Waals surface area contributed by atoms with Crippen molar-refractivity contribution in [3.8, 4) is 0 Å². The summed E-state index contributed by atoms with van der Waals surface area (Å²) in [4.78, 5) is 0. The van der Waals surface area contributed by atoms with Crippen LogP contribution < -0.4 is 3.61 Å². The molecule has 1 nitrogen and oxygen atoms in total. The number of hydrogen-bond acceptors (Lipinski definition) is 1. The number of rotatable bonds is 0. The molecule has 1 heterocycles. The zero-order chi connectivity index (χ0) is 6.97. The van der Waals surface area contributed by atoms with Crippen molar-refractivity contribution < 1.29 is 5.11 Å². The molecule has 0 saturated carbocycles. The fraction of sp³-hybridized carbons (Fsp3) is 0.250. The van der Waals surface area contributed by atoms with E-state index in [1.54, 1.807) is 0 Å². The molecule has 1 atom stereocenters. The van der Waals surface area contributed by atoms with E-state index in [4.69, 9.17) is 0 Å². The summed E-state index contributed by atoms with van der Waals surface area (Å²) >= 11 is -0.0326. The fourth-order valence-electron chi connectivity index (χ4n) is 1.15. The van der Waals surface area contributed by atoms with Crippen molar-refractivity contribution in [1.29, 1.82) is 0 Å². The van der Waals surface area contributed by atoms with Gasteiger partial charge in [0.05, 0.1) is 0 Å². The first kappa shape index (κ1) is 6.67. The Hall–Kier alpha value is -0.0304. The molecule has 1 aliphatic heterocycles. The van der Waals surface area contributed by atoms with Crippen LogP contribution in [0.3, 0.4) is 0 Å². The molecule has 2 heteroatoms. The Balaban J connectivity index is 2.51. The van der Waals surface area contributed by atoms with Crippen LogP contribution in [0.25, 0.3) is 0 Å². The minimum absolute atomic E-state index is 0.0326. The second-order valence-electron chi connectivity index (χ2n) is 2.36. The second kappa shape index (κ2) is 2.54. The molecule has 10 heavy (non-hydrogen) atoms. The van der Waals surface area contributed by atoms with Crippen LogP contribution in [0.4, 0.5) is 0 Å². The van der Waals surface area contributed by atoms with Gasteiger partial charge >= 0.3 is 70.0 Å². The van der Waals surface area contributed by atoms with Crippen molar-refractivity contribution in [3.05, 3.63) is 29.8 Å². The summed E-state index contributed by atoms with van der Waals surface area (Å²) in [5, 5.41) is 9.41. The zero-order valence-corrected chi connectivity index (χ0v) is 7.78. The third kappa shape index (κ3) is 0.971.